The summed E-state index contributed by atoms with van der Waals surface area (Å²) >= 11 is 0. The lowest BCUT2D eigenvalue weighted by Gasteiger charge is -2.53. The summed E-state index contributed by atoms with van der Waals surface area (Å²) in [7, 11) is 0. The molecule has 0 bridgehead atoms. The van der Waals surface area contributed by atoms with Crippen molar-refractivity contribution in [3.05, 3.63) is 0 Å². The zero-order chi connectivity index (χ0) is 15.8. The highest BCUT2D eigenvalue weighted by atomic mass is 16.2. The van der Waals surface area contributed by atoms with Gasteiger partial charge in [0.1, 0.15) is 11.6 Å². The number of hydrogen-bond acceptors (Lipinski definition) is 2. The average molecular weight is 294 g/mol. The number of nitrogens with zero attached hydrogens (tertiary/aromatic N) is 1. The molecule has 3 unspecified atom stereocenters. The fraction of sp³-hybridized carbons (Fsp3) is 0.882. The minimum atomic E-state index is -0.740. The first-order chi connectivity index (χ1) is 9.77. The van der Waals surface area contributed by atoms with E-state index in [0.717, 1.165) is 19.3 Å². The van der Waals surface area contributed by atoms with Crippen molar-refractivity contribution in [3.8, 4) is 0 Å². The second-order valence-electron chi connectivity index (χ2n) is 7.56. The van der Waals surface area contributed by atoms with E-state index in [0.29, 0.717) is 12.8 Å². The van der Waals surface area contributed by atoms with Gasteiger partial charge in [-0.1, -0.05) is 40.5 Å². The zero-order valence-electron chi connectivity index (χ0n) is 14.2. The summed E-state index contributed by atoms with van der Waals surface area (Å²) in [6.45, 7) is 10.3. The number of piperazine rings is 1. The van der Waals surface area contributed by atoms with Crippen LogP contribution >= 0.6 is 0 Å². The Morgan fingerprint density at radius 2 is 1.86 bits per heavy atom. The van der Waals surface area contributed by atoms with Gasteiger partial charge in [-0.3, -0.25) is 9.59 Å². The number of nitrogens with one attached hydrogen (secondary N) is 1. The van der Waals surface area contributed by atoms with Crippen molar-refractivity contribution in [2.75, 3.05) is 0 Å². The highest BCUT2D eigenvalue weighted by Gasteiger charge is 2.51. The number of carbonyl (C=O) groups excluding carboxylic acids is 2. The summed E-state index contributed by atoms with van der Waals surface area (Å²) in [6.07, 6.45) is 5.84. The lowest BCUT2D eigenvalue weighted by molar-refractivity contribution is -0.162. The standard InChI is InChI=1S/C17H30N2O2/c1-6-12-14(20)18-17(5,7-2)15(21)19(12)13-10-8-9-11-16(13,3)4/h12-13H,6-11H2,1-5H3,(H,18,20). The normalized spacial score (nSPS) is 36.5. The van der Waals surface area contributed by atoms with E-state index >= 15 is 0 Å². The van der Waals surface area contributed by atoms with Crippen molar-refractivity contribution >= 4 is 11.8 Å². The van der Waals surface area contributed by atoms with Gasteiger partial charge in [0.15, 0.2) is 0 Å². The zero-order valence-corrected chi connectivity index (χ0v) is 14.2. The Bertz CT molecular complexity index is 433. The van der Waals surface area contributed by atoms with Crippen LogP contribution in [0.25, 0.3) is 0 Å². The lowest BCUT2D eigenvalue weighted by atomic mass is 9.71. The number of carbonyl (C=O) groups is 2. The van der Waals surface area contributed by atoms with Crippen LogP contribution in [-0.2, 0) is 9.59 Å². The van der Waals surface area contributed by atoms with Gasteiger partial charge in [0.25, 0.3) is 0 Å². The molecule has 4 nitrogen and oxygen atoms in total. The first kappa shape index (κ1) is 16.3. The summed E-state index contributed by atoms with van der Waals surface area (Å²) in [5, 5.41) is 2.96. The Balaban J connectivity index is 2.40. The largest absolute Gasteiger partial charge is 0.340 e. The number of rotatable bonds is 3. The monoisotopic (exact) mass is 294 g/mol. The van der Waals surface area contributed by atoms with Crippen LogP contribution in [0.2, 0.25) is 0 Å². The third kappa shape index (κ3) is 2.69. The van der Waals surface area contributed by atoms with E-state index in [4.69, 9.17) is 0 Å². The van der Waals surface area contributed by atoms with Gasteiger partial charge in [-0.15, -0.1) is 0 Å². The molecule has 1 aliphatic carbocycles. The van der Waals surface area contributed by atoms with E-state index in [1.807, 2.05) is 25.7 Å². The molecule has 0 radical (unpaired) electrons. The Labute approximate surface area is 128 Å². The summed E-state index contributed by atoms with van der Waals surface area (Å²) in [5.41, 5.74) is -0.649. The summed E-state index contributed by atoms with van der Waals surface area (Å²) in [4.78, 5) is 27.5. The first-order valence-electron chi connectivity index (χ1n) is 8.41. The van der Waals surface area contributed by atoms with E-state index in [2.05, 4.69) is 19.2 Å². The number of hydrogen-bond donors (Lipinski definition) is 1. The van der Waals surface area contributed by atoms with Crippen molar-refractivity contribution in [3.63, 3.8) is 0 Å². The molecule has 2 fully saturated rings. The maximum atomic E-state index is 13.1. The van der Waals surface area contributed by atoms with Crippen LogP contribution in [0.4, 0.5) is 0 Å². The van der Waals surface area contributed by atoms with Crippen molar-refractivity contribution in [2.24, 2.45) is 5.41 Å². The van der Waals surface area contributed by atoms with Gasteiger partial charge in [0, 0.05) is 6.04 Å². The predicted octanol–water partition coefficient (Wildman–Crippen LogP) is 2.86. The molecule has 1 heterocycles. The molecule has 2 aliphatic rings. The molecule has 4 heteroatoms. The van der Waals surface area contributed by atoms with Crippen LogP contribution in [0.3, 0.4) is 0 Å². The van der Waals surface area contributed by atoms with Gasteiger partial charge in [0.2, 0.25) is 11.8 Å². The highest BCUT2D eigenvalue weighted by molar-refractivity contribution is 5.99. The van der Waals surface area contributed by atoms with Gasteiger partial charge in [-0.05, 0) is 38.0 Å². The Kier molecular flexibility index (Phi) is 4.36. The van der Waals surface area contributed by atoms with Crippen molar-refractivity contribution in [2.45, 2.75) is 90.8 Å². The third-order valence-electron chi connectivity index (χ3n) is 5.62. The molecular weight excluding hydrogens is 264 g/mol. The van der Waals surface area contributed by atoms with Crippen LogP contribution in [0.15, 0.2) is 0 Å². The predicted molar refractivity (Wildman–Crippen MR) is 83.8 cm³/mol. The van der Waals surface area contributed by atoms with Crippen LogP contribution in [0.5, 0.6) is 0 Å². The summed E-state index contributed by atoms with van der Waals surface area (Å²) < 4.78 is 0. The molecule has 0 aromatic rings. The molecule has 0 aromatic carbocycles. The minimum Gasteiger partial charge on any atom is -0.340 e. The maximum absolute atomic E-state index is 13.1. The molecule has 0 spiro atoms. The van der Waals surface area contributed by atoms with Crippen molar-refractivity contribution < 1.29 is 9.59 Å². The number of amides is 2. The van der Waals surface area contributed by atoms with E-state index in [1.165, 1.54) is 6.42 Å². The fourth-order valence-corrected chi connectivity index (χ4v) is 3.93. The van der Waals surface area contributed by atoms with Gasteiger partial charge < -0.3 is 10.2 Å². The van der Waals surface area contributed by atoms with E-state index in [-0.39, 0.29) is 29.3 Å². The summed E-state index contributed by atoms with van der Waals surface area (Å²) in [6, 6.07) is -0.125. The average Bonchev–Trinajstić information content (AvgIpc) is 2.42. The van der Waals surface area contributed by atoms with Gasteiger partial charge in [-0.2, -0.15) is 0 Å². The van der Waals surface area contributed by atoms with Crippen molar-refractivity contribution in [1.29, 1.82) is 0 Å². The molecule has 2 rings (SSSR count). The Morgan fingerprint density at radius 1 is 1.19 bits per heavy atom. The van der Waals surface area contributed by atoms with Crippen LogP contribution in [-0.4, -0.2) is 34.3 Å². The molecule has 2 amide bonds. The molecule has 1 N–H and O–H groups in total. The van der Waals surface area contributed by atoms with E-state index in [9.17, 15) is 9.59 Å². The lowest BCUT2D eigenvalue weighted by Crippen LogP contribution is -2.72. The molecule has 0 aromatic heterocycles. The molecule has 3 atom stereocenters. The quantitative estimate of drug-likeness (QED) is 0.870. The molecule has 21 heavy (non-hydrogen) atoms. The van der Waals surface area contributed by atoms with Gasteiger partial charge in [0.05, 0.1) is 0 Å². The van der Waals surface area contributed by atoms with Crippen LogP contribution in [0.1, 0.15) is 73.1 Å². The second kappa shape index (κ2) is 5.62. The van der Waals surface area contributed by atoms with Crippen LogP contribution < -0.4 is 5.32 Å². The highest BCUT2D eigenvalue weighted by Crippen LogP contribution is 2.41. The summed E-state index contributed by atoms with van der Waals surface area (Å²) in [5.74, 6) is 0.124. The topological polar surface area (TPSA) is 49.4 Å². The molecular formula is C17H30N2O2. The smallest absolute Gasteiger partial charge is 0.248 e. The maximum Gasteiger partial charge on any atom is 0.248 e. The van der Waals surface area contributed by atoms with Crippen molar-refractivity contribution in [1.82, 2.24) is 10.2 Å². The molecule has 1 aliphatic heterocycles. The SMILES string of the molecule is CCC1C(=O)NC(C)(CC)C(=O)N1C1CCCCC1(C)C. The van der Waals surface area contributed by atoms with Gasteiger partial charge >= 0.3 is 0 Å². The van der Waals surface area contributed by atoms with Gasteiger partial charge in [-0.25, -0.2) is 0 Å². The first-order valence-corrected chi connectivity index (χ1v) is 8.41. The Hall–Kier alpha value is -1.06. The fourth-order valence-electron chi connectivity index (χ4n) is 3.93. The van der Waals surface area contributed by atoms with E-state index < -0.39 is 5.54 Å². The van der Waals surface area contributed by atoms with Crippen LogP contribution in [0, 0.1) is 5.41 Å². The third-order valence-corrected chi connectivity index (χ3v) is 5.62. The Morgan fingerprint density at radius 3 is 2.38 bits per heavy atom. The molecule has 1 saturated carbocycles. The molecule has 1 saturated heterocycles. The molecule has 120 valence electrons. The second-order valence-corrected chi connectivity index (χ2v) is 7.56. The van der Waals surface area contributed by atoms with E-state index in [1.54, 1.807) is 0 Å². The minimum absolute atomic E-state index is 0.0165.